The maximum Gasteiger partial charge on any atom is 0.163 e. The fourth-order valence-electron chi connectivity index (χ4n) is 3.03. The summed E-state index contributed by atoms with van der Waals surface area (Å²) in [5.74, 6) is 2.48. The fraction of sp³-hybridized carbons (Fsp3) is 0.217. The molecule has 4 nitrogen and oxygen atoms in total. The first-order chi connectivity index (χ1) is 13.3. The Morgan fingerprint density at radius 2 is 1.67 bits per heavy atom. The Hall–Kier alpha value is -3.14. The summed E-state index contributed by atoms with van der Waals surface area (Å²) >= 11 is 0. The fourth-order valence-corrected chi connectivity index (χ4v) is 3.03. The Kier molecular flexibility index (Phi) is 5.15. The molecule has 3 aromatic rings. The van der Waals surface area contributed by atoms with E-state index in [-0.39, 0.29) is 0 Å². The summed E-state index contributed by atoms with van der Waals surface area (Å²) in [6.45, 7) is 4.61. The van der Waals surface area contributed by atoms with Gasteiger partial charge in [-0.15, -0.1) is 0 Å². The van der Waals surface area contributed by atoms with Gasteiger partial charge < -0.3 is 19.5 Å². The van der Waals surface area contributed by atoms with E-state index in [1.807, 2.05) is 30.3 Å². The summed E-state index contributed by atoms with van der Waals surface area (Å²) in [6, 6.07) is 22.5. The average molecular weight is 361 g/mol. The quantitative estimate of drug-likeness (QED) is 0.674. The van der Waals surface area contributed by atoms with Crippen LogP contribution >= 0.6 is 0 Å². The van der Waals surface area contributed by atoms with E-state index >= 15 is 0 Å². The number of hydrogen-bond donors (Lipinski definition) is 1. The molecule has 0 aliphatic carbocycles. The second kappa shape index (κ2) is 8.04. The zero-order valence-corrected chi connectivity index (χ0v) is 15.4. The summed E-state index contributed by atoms with van der Waals surface area (Å²) < 4.78 is 17.0. The molecule has 0 spiro atoms. The number of hydrogen-bond acceptors (Lipinski definition) is 4. The summed E-state index contributed by atoms with van der Waals surface area (Å²) in [7, 11) is 0. The highest BCUT2D eigenvalue weighted by Gasteiger charge is 2.11. The molecule has 4 heteroatoms. The van der Waals surface area contributed by atoms with E-state index in [1.54, 1.807) is 0 Å². The summed E-state index contributed by atoms with van der Waals surface area (Å²) in [6.07, 6.45) is 0. The smallest absolute Gasteiger partial charge is 0.163 e. The third-order valence-corrected chi connectivity index (χ3v) is 4.45. The number of ether oxygens (including phenoxy) is 3. The first kappa shape index (κ1) is 17.3. The van der Waals surface area contributed by atoms with Gasteiger partial charge in [0, 0.05) is 18.3 Å². The Morgan fingerprint density at radius 3 is 2.48 bits per heavy atom. The van der Waals surface area contributed by atoms with E-state index in [0.29, 0.717) is 19.8 Å². The lowest BCUT2D eigenvalue weighted by atomic mass is 10.1. The Morgan fingerprint density at radius 1 is 0.852 bits per heavy atom. The van der Waals surface area contributed by atoms with E-state index in [2.05, 4.69) is 48.6 Å². The van der Waals surface area contributed by atoms with E-state index in [4.69, 9.17) is 14.2 Å². The molecule has 0 amide bonds. The second-order valence-corrected chi connectivity index (χ2v) is 6.63. The van der Waals surface area contributed by atoms with Crippen LogP contribution in [0, 0.1) is 6.92 Å². The van der Waals surface area contributed by atoms with Gasteiger partial charge >= 0.3 is 0 Å². The molecule has 1 heterocycles. The van der Waals surface area contributed by atoms with Gasteiger partial charge in [0.2, 0.25) is 0 Å². The van der Waals surface area contributed by atoms with Crippen LogP contribution in [0.1, 0.15) is 16.7 Å². The highest BCUT2D eigenvalue weighted by molar-refractivity contribution is 5.55. The maximum absolute atomic E-state index is 5.88. The van der Waals surface area contributed by atoms with E-state index in [1.165, 1.54) is 16.7 Å². The molecule has 0 atom stereocenters. The van der Waals surface area contributed by atoms with Gasteiger partial charge in [-0.2, -0.15) is 0 Å². The van der Waals surface area contributed by atoms with Gasteiger partial charge in [-0.25, -0.2) is 0 Å². The topological polar surface area (TPSA) is 39.7 Å². The molecule has 1 aliphatic heterocycles. The predicted molar refractivity (Wildman–Crippen MR) is 107 cm³/mol. The van der Waals surface area contributed by atoms with Gasteiger partial charge in [-0.1, -0.05) is 42.0 Å². The SMILES string of the molecule is Cc1cccc(COc2ccc(CNc3ccc4c(c3)OCCO4)cc2)c1. The van der Waals surface area contributed by atoms with Crippen LogP contribution < -0.4 is 19.5 Å². The molecular weight excluding hydrogens is 338 g/mol. The normalized spacial score (nSPS) is 12.5. The van der Waals surface area contributed by atoms with Crippen LogP contribution in [0.25, 0.3) is 0 Å². The summed E-state index contributed by atoms with van der Waals surface area (Å²) in [5.41, 5.74) is 4.63. The van der Waals surface area contributed by atoms with Crippen LogP contribution in [0.2, 0.25) is 0 Å². The van der Waals surface area contributed by atoms with E-state index in [0.717, 1.165) is 29.5 Å². The first-order valence-electron chi connectivity index (χ1n) is 9.17. The lowest BCUT2D eigenvalue weighted by Crippen LogP contribution is -2.15. The van der Waals surface area contributed by atoms with Gasteiger partial charge in [0.25, 0.3) is 0 Å². The highest BCUT2D eigenvalue weighted by Crippen LogP contribution is 2.32. The molecule has 0 unspecified atom stereocenters. The Labute approximate surface area is 159 Å². The van der Waals surface area contributed by atoms with Gasteiger partial charge in [-0.3, -0.25) is 0 Å². The van der Waals surface area contributed by atoms with Crippen LogP contribution in [0.4, 0.5) is 5.69 Å². The van der Waals surface area contributed by atoms with E-state index < -0.39 is 0 Å². The molecule has 0 fully saturated rings. The van der Waals surface area contributed by atoms with Crippen LogP contribution in [0.5, 0.6) is 17.2 Å². The minimum absolute atomic E-state index is 0.580. The number of rotatable bonds is 6. The maximum atomic E-state index is 5.88. The van der Waals surface area contributed by atoms with Crippen LogP contribution in [-0.2, 0) is 13.2 Å². The van der Waals surface area contributed by atoms with Crippen molar-refractivity contribution in [3.8, 4) is 17.2 Å². The molecule has 3 aromatic carbocycles. The number of anilines is 1. The molecule has 1 N–H and O–H groups in total. The van der Waals surface area contributed by atoms with Crippen LogP contribution in [0.3, 0.4) is 0 Å². The average Bonchev–Trinajstić information content (AvgIpc) is 2.71. The number of nitrogens with one attached hydrogen (secondary N) is 1. The summed E-state index contributed by atoms with van der Waals surface area (Å²) in [5, 5.41) is 3.42. The van der Waals surface area contributed by atoms with Gasteiger partial charge in [0.05, 0.1) is 0 Å². The second-order valence-electron chi connectivity index (χ2n) is 6.63. The third-order valence-electron chi connectivity index (χ3n) is 4.45. The van der Waals surface area contributed by atoms with Crippen molar-refractivity contribution in [2.24, 2.45) is 0 Å². The zero-order valence-electron chi connectivity index (χ0n) is 15.4. The Balaban J connectivity index is 1.31. The van der Waals surface area contributed by atoms with Crippen molar-refractivity contribution >= 4 is 5.69 Å². The van der Waals surface area contributed by atoms with Crippen molar-refractivity contribution in [3.63, 3.8) is 0 Å². The molecule has 0 radical (unpaired) electrons. The Bertz CT molecular complexity index is 906. The minimum atomic E-state index is 0.580. The van der Waals surface area contributed by atoms with E-state index in [9.17, 15) is 0 Å². The first-order valence-corrected chi connectivity index (χ1v) is 9.17. The predicted octanol–water partition coefficient (Wildman–Crippen LogP) is 4.96. The lowest BCUT2D eigenvalue weighted by molar-refractivity contribution is 0.171. The monoisotopic (exact) mass is 361 g/mol. The molecule has 138 valence electrons. The van der Waals surface area contributed by atoms with Crippen LogP contribution in [-0.4, -0.2) is 13.2 Å². The molecule has 27 heavy (non-hydrogen) atoms. The largest absolute Gasteiger partial charge is 0.489 e. The number of fused-ring (bicyclic) bond motifs is 1. The third kappa shape index (κ3) is 4.53. The molecule has 4 rings (SSSR count). The molecule has 0 saturated heterocycles. The van der Waals surface area contributed by atoms with Crippen molar-refractivity contribution in [2.45, 2.75) is 20.1 Å². The van der Waals surface area contributed by atoms with Gasteiger partial charge in [0.1, 0.15) is 25.6 Å². The van der Waals surface area contributed by atoms with Crippen molar-refractivity contribution in [2.75, 3.05) is 18.5 Å². The molecule has 0 saturated carbocycles. The van der Waals surface area contributed by atoms with Crippen molar-refractivity contribution in [1.82, 2.24) is 0 Å². The van der Waals surface area contributed by atoms with Crippen LogP contribution in [0.15, 0.2) is 66.7 Å². The van der Waals surface area contributed by atoms with Crippen molar-refractivity contribution in [1.29, 1.82) is 0 Å². The lowest BCUT2D eigenvalue weighted by Gasteiger charge is -2.19. The van der Waals surface area contributed by atoms with Gasteiger partial charge in [0.15, 0.2) is 11.5 Å². The summed E-state index contributed by atoms with van der Waals surface area (Å²) in [4.78, 5) is 0. The number of benzene rings is 3. The minimum Gasteiger partial charge on any atom is -0.489 e. The molecular formula is C23H23NO3. The molecule has 0 bridgehead atoms. The van der Waals surface area contributed by atoms with Gasteiger partial charge in [-0.05, 0) is 42.3 Å². The molecule has 0 aromatic heterocycles. The van der Waals surface area contributed by atoms with Crippen molar-refractivity contribution < 1.29 is 14.2 Å². The highest BCUT2D eigenvalue weighted by atomic mass is 16.6. The van der Waals surface area contributed by atoms with Crippen molar-refractivity contribution in [3.05, 3.63) is 83.4 Å². The number of aryl methyl sites for hydroxylation is 1. The molecule has 1 aliphatic rings. The standard InChI is InChI=1S/C23H23NO3/c1-17-3-2-4-19(13-17)16-27-21-8-5-18(6-9-21)15-24-20-7-10-22-23(14-20)26-12-11-25-22/h2-10,13-14,24H,11-12,15-16H2,1H3. The zero-order chi connectivity index (χ0) is 18.5.